The number of phenols is 1. The van der Waals surface area contributed by atoms with Crippen molar-refractivity contribution in [3.8, 4) is 22.6 Å². The number of ether oxygens (including phenoxy) is 1. The number of carbonyl (C=O) groups is 5. The third-order valence-corrected chi connectivity index (χ3v) is 10.4. The molecule has 0 aromatic heterocycles. The number of Topliss-reactive ketones (excluding diaryl/α,β-unsaturated/α-hetero) is 4. The number of ketones is 4. The number of aliphatic hydroxyl groups is 1. The van der Waals surface area contributed by atoms with Crippen LogP contribution in [0.25, 0.3) is 11.1 Å². The number of likely N-dealkylation sites (tertiary alicyclic amines) is 1. The van der Waals surface area contributed by atoms with Gasteiger partial charge in [0.1, 0.15) is 11.5 Å². The standard InChI is InChI=1S/C34H39N3O8/c1-36(2)28-22-15-18-14-21-20(17-7-10-24(45-3)19(13-17)16-37-11-5-4-6-12-37)8-9-23(38)26(21)29(39)25(18)31(41)34(22,44)32(42)27(30(28)40)33(35)43/h7-10,13,18,22,25,27-28,38,44H,4-6,11-12,14-16H2,1-3H3,(H2,35,43)/t18-,22-,25?,27?,28-,34-/m0/s1. The van der Waals surface area contributed by atoms with Crippen molar-refractivity contribution in [2.45, 2.75) is 50.3 Å². The molecule has 11 nitrogen and oxygen atoms in total. The van der Waals surface area contributed by atoms with E-state index in [-0.39, 0.29) is 24.2 Å². The monoisotopic (exact) mass is 617 g/mol. The summed E-state index contributed by atoms with van der Waals surface area (Å²) in [5, 5.41) is 22.7. The second kappa shape index (κ2) is 11.5. The van der Waals surface area contributed by atoms with E-state index in [1.54, 1.807) is 27.3 Å². The van der Waals surface area contributed by atoms with Crippen molar-refractivity contribution in [2.75, 3.05) is 34.3 Å². The van der Waals surface area contributed by atoms with Crippen LogP contribution in [0.3, 0.4) is 0 Å². The molecule has 6 rings (SSSR count). The van der Waals surface area contributed by atoms with E-state index < -0.39 is 64.4 Å². The number of amides is 1. The van der Waals surface area contributed by atoms with Gasteiger partial charge in [-0.05, 0) is 93.7 Å². The van der Waals surface area contributed by atoms with Crippen LogP contribution in [0.15, 0.2) is 30.3 Å². The number of primary amides is 1. The average Bonchev–Trinajstić information content (AvgIpc) is 2.99. The molecule has 2 aromatic carbocycles. The summed E-state index contributed by atoms with van der Waals surface area (Å²) >= 11 is 0. The molecule has 45 heavy (non-hydrogen) atoms. The molecule has 0 bridgehead atoms. The molecule has 6 atom stereocenters. The minimum atomic E-state index is -2.75. The Balaban J connectivity index is 1.43. The van der Waals surface area contributed by atoms with E-state index >= 15 is 0 Å². The SMILES string of the molecule is COc1ccc(-c2ccc(O)c3c2C[C@H]2C[C@H]4[C@H](N(C)C)C(=O)C(C(N)=O)C(=O)[C@@]4(O)C(=O)C2C3=O)cc1CN1CCCCC1. The Morgan fingerprint density at radius 2 is 1.78 bits per heavy atom. The van der Waals surface area contributed by atoms with Crippen LogP contribution in [0.5, 0.6) is 11.5 Å². The highest BCUT2D eigenvalue weighted by atomic mass is 16.5. The zero-order valence-corrected chi connectivity index (χ0v) is 25.7. The first-order chi connectivity index (χ1) is 21.4. The Kier molecular flexibility index (Phi) is 7.91. The molecule has 2 unspecified atom stereocenters. The minimum Gasteiger partial charge on any atom is -0.507 e. The highest BCUT2D eigenvalue weighted by Gasteiger charge is 2.69. The maximum atomic E-state index is 14.1. The molecule has 4 aliphatic rings. The molecule has 4 N–H and O–H groups in total. The van der Waals surface area contributed by atoms with Crippen molar-refractivity contribution in [1.82, 2.24) is 9.80 Å². The maximum absolute atomic E-state index is 14.1. The van der Waals surface area contributed by atoms with Crippen LogP contribution in [-0.4, -0.2) is 95.0 Å². The van der Waals surface area contributed by atoms with Crippen molar-refractivity contribution < 1.29 is 38.9 Å². The van der Waals surface area contributed by atoms with Crippen LogP contribution < -0.4 is 10.5 Å². The number of piperidine rings is 1. The third-order valence-electron chi connectivity index (χ3n) is 10.4. The first kappa shape index (κ1) is 31.1. The highest BCUT2D eigenvalue weighted by molar-refractivity contribution is 6.32. The van der Waals surface area contributed by atoms with Crippen LogP contribution in [0.1, 0.15) is 47.2 Å². The number of rotatable bonds is 6. The van der Waals surface area contributed by atoms with E-state index in [1.165, 1.54) is 17.4 Å². The molecule has 1 saturated heterocycles. The second-order valence-corrected chi connectivity index (χ2v) is 13.1. The predicted octanol–water partition coefficient (Wildman–Crippen LogP) is 1.53. The molecular formula is C34H39N3O8. The molecule has 0 spiro atoms. The second-order valence-electron chi connectivity index (χ2n) is 13.1. The van der Waals surface area contributed by atoms with E-state index in [0.29, 0.717) is 12.1 Å². The van der Waals surface area contributed by atoms with Gasteiger partial charge in [-0.3, -0.25) is 33.8 Å². The first-order valence-corrected chi connectivity index (χ1v) is 15.5. The zero-order valence-electron chi connectivity index (χ0n) is 25.7. The Morgan fingerprint density at radius 3 is 2.42 bits per heavy atom. The van der Waals surface area contributed by atoms with E-state index in [9.17, 15) is 34.2 Å². The predicted molar refractivity (Wildman–Crippen MR) is 162 cm³/mol. The van der Waals surface area contributed by atoms with Gasteiger partial charge in [0.15, 0.2) is 34.7 Å². The van der Waals surface area contributed by atoms with Crippen molar-refractivity contribution in [2.24, 2.45) is 29.4 Å². The van der Waals surface area contributed by atoms with Gasteiger partial charge in [-0.1, -0.05) is 18.6 Å². The van der Waals surface area contributed by atoms with Gasteiger partial charge in [0.2, 0.25) is 5.91 Å². The van der Waals surface area contributed by atoms with Crippen LogP contribution in [0, 0.1) is 23.7 Å². The number of hydrogen-bond acceptors (Lipinski definition) is 10. The smallest absolute Gasteiger partial charge is 0.235 e. The first-order valence-electron chi connectivity index (χ1n) is 15.5. The lowest BCUT2D eigenvalue weighted by atomic mass is 9.52. The van der Waals surface area contributed by atoms with Crippen LogP contribution >= 0.6 is 0 Å². The number of likely N-dealkylation sites (N-methyl/N-ethyl adjacent to an activating group) is 1. The van der Waals surface area contributed by atoms with Crippen molar-refractivity contribution in [1.29, 1.82) is 0 Å². The lowest BCUT2D eigenvalue weighted by Gasteiger charge is -2.52. The third kappa shape index (κ3) is 4.79. The number of carbonyl (C=O) groups excluding carboxylic acids is 5. The van der Waals surface area contributed by atoms with E-state index in [0.717, 1.165) is 48.4 Å². The van der Waals surface area contributed by atoms with E-state index in [4.69, 9.17) is 10.5 Å². The lowest BCUT2D eigenvalue weighted by Crippen LogP contribution is -2.74. The lowest BCUT2D eigenvalue weighted by molar-refractivity contribution is -0.181. The maximum Gasteiger partial charge on any atom is 0.235 e. The molecule has 1 amide bonds. The van der Waals surface area contributed by atoms with E-state index in [2.05, 4.69) is 4.90 Å². The molecule has 0 radical (unpaired) electrons. The topological polar surface area (TPSA) is 168 Å². The summed E-state index contributed by atoms with van der Waals surface area (Å²) in [6.07, 6.45) is 3.70. The van der Waals surface area contributed by atoms with Crippen LogP contribution in [0.2, 0.25) is 0 Å². The van der Waals surface area contributed by atoms with Crippen LogP contribution in [0.4, 0.5) is 0 Å². The van der Waals surface area contributed by atoms with Crippen molar-refractivity contribution in [3.05, 3.63) is 47.0 Å². The van der Waals surface area contributed by atoms with Crippen molar-refractivity contribution in [3.63, 3.8) is 0 Å². The molecule has 1 heterocycles. The van der Waals surface area contributed by atoms with Crippen molar-refractivity contribution >= 4 is 29.0 Å². The van der Waals surface area contributed by atoms with Crippen LogP contribution in [-0.2, 0) is 32.1 Å². The largest absolute Gasteiger partial charge is 0.507 e. The Hall–Kier alpha value is -3.93. The minimum absolute atomic E-state index is 0.00180. The summed E-state index contributed by atoms with van der Waals surface area (Å²) in [6, 6.07) is 7.85. The van der Waals surface area contributed by atoms with Gasteiger partial charge in [0.25, 0.3) is 0 Å². The molecular weight excluding hydrogens is 578 g/mol. The normalized spacial score (nSPS) is 30.1. The van der Waals surface area contributed by atoms with Gasteiger partial charge >= 0.3 is 0 Å². The summed E-state index contributed by atoms with van der Waals surface area (Å²) in [4.78, 5) is 71.1. The van der Waals surface area contributed by atoms with Gasteiger partial charge in [0.05, 0.1) is 24.6 Å². The Bertz CT molecular complexity index is 1610. The quantitative estimate of drug-likeness (QED) is 0.405. The number of fused-ring (bicyclic) bond motifs is 3. The highest BCUT2D eigenvalue weighted by Crippen LogP contribution is 2.52. The zero-order chi connectivity index (χ0) is 32.4. The molecule has 2 saturated carbocycles. The summed E-state index contributed by atoms with van der Waals surface area (Å²) in [5.41, 5.74) is 5.74. The number of nitrogens with zero attached hydrogens (tertiary/aromatic N) is 2. The molecule has 3 fully saturated rings. The average molecular weight is 618 g/mol. The molecule has 3 aliphatic carbocycles. The molecule has 1 aliphatic heterocycles. The number of aromatic hydroxyl groups is 1. The number of methoxy groups -OCH3 is 1. The van der Waals surface area contributed by atoms with Gasteiger partial charge < -0.3 is 20.7 Å². The summed E-state index contributed by atoms with van der Waals surface area (Å²) < 4.78 is 5.67. The van der Waals surface area contributed by atoms with Gasteiger partial charge in [0, 0.05) is 18.0 Å². The summed E-state index contributed by atoms with van der Waals surface area (Å²) in [6.45, 7) is 2.70. The number of hydrogen-bond donors (Lipinski definition) is 3. The fourth-order valence-electron chi connectivity index (χ4n) is 8.30. The summed E-state index contributed by atoms with van der Waals surface area (Å²) in [5.74, 6) is -9.84. The van der Waals surface area contributed by atoms with Gasteiger partial charge in [-0.2, -0.15) is 0 Å². The fraction of sp³-hybridized carbons (Fsp3) is 0.500. The van der Waals surface area contributed by atoms with Gasteiger partial charge in [-0.25, -0.2) is 0 Å². The molecule has 238 valence electrons. The summed E-state index contributed by atoms with van der Waals surface area (Å²) in [7, 11) is 4.76. The fourth-order valence-corrected chi connectivity index (χ4v) is 8.30. The Labute approximate surface area is 261 Å². The number of benzene rings is 2. The number of phenolic OH excluding ortho intramolecular Hbond substituents is 1. The Morgan fingerprint density at radius 1 is 1.07 bits per heavy atom. The van der Waals surface area contributed by atoms with E-state index in [1.807, 2.05) is 18.2 Å². The van der Waals surface area contributed by atoms with Gasteiger partial charge in [-0.15, -0.1) is 0 Å². The molecule has 2 aromatic rings. The number of nitrogens with two attached hydrogens (primary N) is 1. The molecule has 11 heteroatoms.